The smallest absolute Gasteiger partial charge is 0.311 e. The quantitative estimate of drug-likeness (QED) is 0.628. The topological polar surface area (TPSA) is 26.3 Å². The summed E-state index contributed by atoms with van der Waals surface area (Å²) in [7, 11) is 0. The SMILES string of the molecule is O=C1C[C@@H](c2ccccc2)C(c2cccc3ccccc23)=CO1. The summed E-state index contributed by atoms with van der Waals surface area (Å²) >= 11 is 0. The van der Waals surface area contributed by atoms with E-state index in [4.69, 9.17) is 4.74 Å². The summed E-state index contributed by atoms with van der Waals surface area (Å²) in [4.78, 5) is 11.8. The van der Waals surface area contributed by atoms with Crippen molar-refractivity contribution in [3.8, 4) is 0 Å². The van der Waals surface area contributed by atoms with Gasteiger partial charge in [-0.05, 0) is 21.9 Å². The molecular weight excluding hydrogens is 284 g/mol. The molecular formula is C21H16O2. The second-order valence-corrected chi connectivity index (χ2v) is 5.76. The Hall–Kier alpha value is -2.87. The van der Waals surface area contributed by atoms with Gasteiger partial charge in [-0.3, -0.25) is 4.79 Å². The fraction of sp³-hybridized carbons (Fsp3) is 0.0952. The summed E-state index contributed by atoms with van der Waals surface area (Å²) < 4.78 is 5.24. The Morgan fingerprint density at radius 1 is 0.826 bits per heavy atom. The molecule has 1 atom stereocenters. The standard InChI is InChI=1S/C21H16O2/c22-21-13-19(16-7-2-1-3-8-16)20(14-23-21)18-12-6-10-15-9-4-5-11-17(15)18/h1-12,14,19H,13H2/t19-/m0/s1. The van der Waals surface area contributed by atoms with Crippen molar-refractivity contribution < 1.29 is 9.53 Å². The number of allylic oxidation sites excluding steroid dienone is 1. The highest BCUT2D eigenvalue weighted by Crippen LogP contribution is 2.40. The van der Waals surface area contributed by atoms with Crippen LogP contribution >= 0.6 is 0 Å². The normalized spacial score (nSPS) is 17.7. The first kappa shape index (κ1) is 13.8. The van der Waals surface area contributed by atoms with Crippen LogP contribution in [0.25, 0.3) is 16.3 Å². The van der Waals surface area contributed by atoms with Crippen LogP contribution in [0.4, 0.5) is 0 Å². The van der Waals surface area contributed by atoms with Gasteiger partial charge in [-0.2, -0.15) is 0 Å². The van der Waals surface area contributed by atoms with E-state index in [0.29, 0.717) is 6.42 Å². The van der Waals surface area contributed by atoms with Crippen LogP contribution in [0.2, 0.25) is 0 Å². The fourth-order valence-electron chi connectivity index (χ4n) is 3.25. The van der Waals surface area contributed by atoms with Crippen molar-refractivity contribution in [3.05, 3.63) is 90.2 Å². The van der Waals surface area contributed by atoms with Crippen molar-refractivity contribution in [2.45, 2.75) is 12.3 Å². The number of hydrogen-bond donors (Lipinski definition) is 0. The summed E-state index contributed by atoms with van der Waals surface area (Å²) in [6.45, 7) is 0. The van der Waals surface area contributed by atoms with Gasteiger partial charge in [-0.25, -0.2) is 0 Å². The maximum absolute atomic E-state index is 11.8. The second kappa shape index (κ2) is 5.73. The second-order valence-electron chi connectivity index (χ2n) is 5.76. The van der Waals surface area contributed by atoms with Crippen LogP contribution in [0.3, 0.4) is 0 Å². The first-order chi connectivity index (χ1) is 11.3. The third kappa shape index (κ3) is 2.53. The van der Waals surface area contributed by atoms with Gasteiger partial charge in [0.05, 0.1) is 12.7 Å². The van der Waals surface area contributed by atoms with Crippen LogP contribution in [0.5, 0.6) is 0 Å². The van der Waals surface area contributed by atoms with Crippen molar-refractivity contribution in [3.63, 3.8) is 0 Å². The Balaban J connectivity index is 1.89. The Kier molecular flexibility index (Phi) is 3.43. The molecule has 0 N–H and O–H groups in total. The maximum atomic E-state index is 11.8. The van der Waals surface area contributed by atoms with E-state index in [1.54, 1.807) is 6.26 Å². The van der Waals surface area contributed by atoms with Gasteiger partial charge in [0.2, 0.25) is 0 Å². The molecule has 0 bridgehead atoms. The third-order valence-electron chi connectivity index (χ3n) is 4.37. The molecule has 112 valence electrons. The van der Waals surface area contributed by atoms with Gasteiger partial charge < -0.3 is 4.74 Å². The minimum absolute atomic E-state index is 0.0308. The van der Waals surface area contributed by atoms with Gasteiger partial charge in [0.25, 0.3) is 0 Å². The van der Waals surface area contributed by atoms with E-state index in [9.17, 15) is 4.79 Å². The van der Waals surface area contributed by atoms with Crippen LogP contribution < -0.4 is 0 Å². The molecule has 3 aromatic carbocycles. The molecule has 0 fully saturated rings. The minimum Gasteiger partial charge on any atom is -0.434 e. The number of benzene rings is 3. The number of fused-ring (bicyclic) bond motifs is 1. The van der Waals surface area contributed by atoms with E-state index in [1.807, 2.05) is 30.3 Å². The first-order valence-corrected chi connectivity index (χ1v) is 7.75. The minimum atomic E-state index is -0.178. The predicted octanol–water partition coefficient (Wildman–Crippen LogP) is 4.91. The van der Waals surface area contributed by atoms with Crippen molar-refractivity contribution in [2.24, 2.45) is 0 Å². The Bertz CT molecular complexity index is 889. The molecule has 3 aromatic rings. The van der Waals surface area contributed by atoms with Crippen LogP contribution in [0, 0.1) is 0 Å². The molecule has 1 aliphatic rings. The molecule has 0 spiro atoms. The van der Waals surface area contributed by atoms with Crippen molar-refractivity contribution in [1.82, 2.24) is 0 Å². The molecule has 0 unspecified atom stereocenters. The lowest BCUT2D eigenvalue weighted by atomic mass is 9.82. The lowest BCUT2D eigenvalue weighted by Crippen LogP contribution is -2.15. The zero-order valence-electron chi connectivity index (χ0n) is 12.6. The van der Waals surface area contributed by atoms with Crippen LogP contribution in [-0.2, 0) is 9.53 Å². The summed E-state index contributed by atoms with van der Waals surface area (Å²) in [6.07, 6.45) is 2.00. The van der Waals surface area contributed by atoms with E-state index in [0.717, 1.165) is 16.7 Å². The van der Waals surface area contributed by atoms with Gasteiger partial charge in [0.15, 0.2) is 0 Å². The van der Waals surface area contributed by atoms with Crippen molar-refractivity contribution >= 4 is 22.3 Å². The highest BCUT2D eigenvalue weighted by Gasteiger charge is 2.27. The summed E-state index contributed by atoms with van der Waals surface area (Å²) in [5.41, 5.74) is 3.33. The van der Waals surface area contributed by atoms with Gasteiger partial charge in [0, 0.05) is 11.5 Å². The Labute approximate surface area is 135 Å². The average Bonchev–Trinajstić information content (AvgIpc) is 2.62. The lowest BCUT2D eigenvalue weighted by molar-refractivity contribution is -0.138. The predicted molar refractivity (Wildman–Crippen MR) is 91.8 cm³/mol. The third-order valence-corrected chi connectivity index (χ3v) is 4.37. The molecule has 23 heavy (non-hydrogen) atoms. The number of cyclic esters (lactones) is 1. The van der Waals surface area contributed by atoms with E-state index in [-0.39, 0.29) is 11.9 Å². The number of hydrogen-bond acceptors (Lipinski definition) is 2. The van der Waals surface area contributed by atoms with Gasteiger partial charge in [0.1, 0.15) is 0 Å². The monoisotopic (exact) mass is 300 g/mol. The molecule has 0 saturated heterocycles. The Morgan fingerprint density at radius 3 is 2.43 bits per heavy atom. The molecule has 1 aliphatic heterocycles. The number of esters is 1. The first-order valence-electron chi connectivity index (χ1n) is 7.75. The highest BCUT2D eigenvalue weighted by molar-refractivity contribution is 5.96. The molecule has 0 saturated carbocycles. The summed E-state index contributed by atoms with van der Waals surface area (Å²) in [6, 6.07) is 24.7. The maximum Gasteiger partial charge on any atom is 0.311 e. The highest BCUT2D eigenvalue weighted by atomic mass is 16.5. The largest absolute Gasteiger partial charge is 0.434 e. The molecule has 0 amide bonds. The van der Waals surface area contributed by atoms with Crippen LogP contribution in [0.1, 0.15) is 23.5 Å². The zero-order chi connectivity index (χ0) is 15.6. The summed E-state index contributed by atoms with van der Waals surface area (Å²) in [5, 5.41) is 2.37. The van der Waals surface area contributed by atoms with Crippen LogP contribution in [-0.4, -0.2) is 5.97 Å². The molecule has 1 heterocycles. The number of carbonyl (C=O) groups excluding carboxylic acids is 1. The molecule has 0 radical (unpaired) electrons. The number of rotatable bonds is 2. The van der Waals surface area contributed by atoms with Gasteiger partial charge >= 0.3 is 5.97 Å². The zero-order valence-corrected chi connectivity index (χ0v) is 12.6. The molecule has 0 aromatic heterocycles. The van der Waals surface area contributed by atoms with Crippen molar-refractivity contribution in [2.75, 3.05) is 0 Å². The molecule has 2 heteroatoms. The number of ether oxygens (including phenoxy) is 1. The molecule has 2 nitrogen and oxygen atoms in total. The molecule has 4 rings (SSSR count). The van der Waals surface area contributed by atoms with E-state index < -0.39 is 0 Å². The van der Waals surface area contributed by atoms with E-state index in [1.165, 1.54) is 10.8 Å². The lowest BCUT2D eigenvalue weighted by Gasteiger charge is -2.25. The number of carbonyl (C=O) groups is 1. The van der Waals surface area contributed by atoms with E-state index >= 15 is 0 Å². The average molecular weight is 300 g/mol. The van der Waals surface area contributed by atoms with Crippen molar-refractivity contribution in [1.29, 1.82) is 0 Å². The molecule has 0 aliphatic carbocycles. The van der Waals surface area contributed by atoms with Gasteiger partial charge in [-0.15, -0.1) is 0 Å². The summed E-state index contributed by atoms with van der Waals surface area (Å²) in [5.74, 6) is -0.147. The Morgan fingerprint density at radius 2 is 1.57 bits per heavy atom. The van der Waals surface area contributed by atoms with E-state index in [2.05, 4.69) is 42.5 Å². The fourth-order valence-corrected chi connectivity index (χ4v) is 3.25. The van der Waals surface area contributed by atoms with Gasteiger partial charge in [-0.1, -0.05) is 72.8 Å². The van der Waals surface area contributed by atoms with Crippen LogP contribution in [0.15, 0.2) is 79.1 Å².